The van der Waals surface area contributed by atoms with E-state index in [1.54, 1.807) is 18.7 Å². The van der Waals surface area contributed by atoms with Gasteiger partial charge in [0.15, 0.2) is 0 Å². The molecule has 352 valence electrons. The summed E-state index contributed by atoms with van der Waals surface area (Å²) in [7, 11) is -4.89. The van der Waals surface area contributed by atoms with Crippen LogP contribution in [0.4, 0.5) is 13.2 Å². The van der Waals surface area contributed by atoms with Crippen molar-refractivity contribution in [2.45, 2.75) is 145 Å². The Hall–Kier alpha value is 0.240. The molecule has 0 saturated heterocycles. The summed E-state index contributed by atoms with van der Waals surface area (Å²) in [6.07, 6.45) is 13.5. The van der Waals surface area contributed by atoms with Crippen LogP contribution in [0.1, 0.15) is 139 Å². The maximum atomic E-state index is 11.1. The first-order chi connectivity index (χ1) is 25.7. The minimum atomic E-state index is -5.34. The number of thioether (sulfide) groups is 1. The normalized spacial score (nSPS) is 10.5. The van der Waals surface area contributed by atoms with Crippen molar-refractivity contribution in [1.82, 2.24) is 0 Å². The number of nitrogens with zero attached hydrogens (tertiary/aromatic N) is 1. The summed E-state index contributed by atoms with van der Waals surface area (Å²) < 4.78 is 52.2. The van der Waals surface area contributed by atoms with E-state index >= 15 is 0 Å². The summed E-state index contributed by atoms with van der Waals surface area (Å²) >= 11 is 36.8. The summed E-state index contributed by atoms with van der Waals surface area (Å²) in [4.78, 5) is 22.1. The van der Waals surface area contributed by atoms with Crippen LogP contribution in [0.3, 0.4) is 0 Å². The number of hydrogen-bond donors (Lipinski definition) is 6. The number of Topliss-reactive ketones (excluding diaryl/α,β-unsaturated/α-hetero) is 1. The van der Waals surface area contributed by atoms with Gasteiger partial charge < -0.3 is 25.5 Å². The van der Waals surface area contributed by atoms with Crippen LogP contribution >= 0.6 is 95.2 Å². The zero-order chi connectivity index (χ0) is 48.5. The predicted molar refractivity (Wildman–Crippen MR) is 249 cm³/mol. The number of carbonyl (C=O) groups excluding carboxylic acids is 1. The van der Waals surface area contributed by atoms with Gasteiger partial charge >= 0.3 is 81.2 Å². The second-order valence-electron chi connectivity index (χ2n) is 10.1. The van der Waals surface area contributed by atoms with Crippen molar-refractivity contribution in [3.05, 3.63) is 23.1 Å². The average Bonchev–Trinajstić information content (AvgIpc) is 3.06. The molecule has 0 saturated carbocycles. The maximum absolute atomic E-state index is 11.1. The van der Waals surface area contributed by atoms with E-state index in [1.807, 2.05) is 27.7 Å². The Morgan fingerprint density at radius 3 is 1.12 bits per heavy atom. The molecule has 0 aromatic heterocycles. The molecule has 0 bridgehead atoms. The molecule has 0 aromatic carbocycles. The number of hydrogen-bond acceptors (Lipinski definition) is 13. The van der Waals surface area contributed by atoms with Gasteiger partial charge in [-0.3, -0.25) is 8.98 Å². The van der Waals surface area contributed by atoms with E-state index < -0.39 is 25.0 Å². The van der Waals surface area contributed by atoms with Gasteiger partial charge in [0, 0.05) is 17.9 Å². The van der Waals surface area contributed by atoms with E-state index in [2.05, 4.69) is 68.2 Å². The number of oxime groups is 1. The fourth-order valence-electron chi connectivity index (χ4n) is 2.08. The monoisotopic (exact) mass is 1030 g/mol. The third kappa shape index (κ3) is 141. The standard InChI is InChI=1S/C6H12S.C5H9Cl.C5H11NO.C5H10O.C5H10S.C4H8O2.C2H3F3O3S.Cl5P.2H3NO/c1-4-5-6(2)7-3;1-3-4-5(2)6;1-3-4-5(2)6-7;2*1-3-4-5(2)6;1-2-3-4(5)6;1-8-9(6,7)2(3,4)5;1-6(2,3,4)5;2*1-2/h2,4-5H2,1,3H3;2-4H2,1H3;7H,3-4H2,1-2H3;2*3-4H2,1-2H3;2-3H2,1H3,(H,5,6);1H3;;2*2H,1H2. The van der Waals surface area contributed by atoms with Crippen LogP contribution in [0.5, 0.6) is 0 Å². The van der Waals surface area contributed by atoms with Gasteiger partial charge in [-0.25, -0.2) is 11.8 Å². The van der Waals surface area contributed by atoms with Crippen LogP contribution < -0.4 is 11.8 Å². The Labute approximate surface area is 379 Å². The van der Waals surface area contributed by atoms with E-state index in [0.29, 0.717) is 13.5 Å². The predicted octanol–water partition coefficient (Wildman–Crippen LogP) is 14.7. The molecule has 0 rings (SSSR count). The molecule has 0 spiro atoms. The molecule has 0 atom stereocenters. The van der Waals surface area contributed by atoms with Gasteiger partial charge in [-0.05, 0) is 75.3 Å². The van der Waals surface area contributed by atoms with Gasteiger partial charge in [0.1, 0.15) is 5.78 Å². The van der Waals surface area contributed by atoms with Crippen LogP contribution in [0.25, 0.3) is 0 Å². The van der Waals surface area contributed by atoms with Crippen molar-refractivity contribution in [1.29, 1.82) is 0 Å². The second kappa shape index (κ2) is 56.2. The van der Waals surface area contributed by atoms with Crippen LogP contribution in [-0.2, 0) is 23.9 Å². The van der Waals surface area contributed by atoms with Crippen LogP contribution in [0.2, 0.25) is 0 Å². The van der Waals surface area contributed by atoms with Gasteiger partial charge in [-0.1, -0.05) is 109 Å². The Balaban J connectivity index is -0.0000000548. The van der Waals surface area contributed by atoms with Crippen molar-refractivity contribution in [3.8, 4) is 0 Å². The second-order valence-corrected chi connectivity index (χ2v) is 30.6. The Kier molecular flexibility index (Phi) is 80.0. The summed E-state index contributed by atoms with van der Waals surface area (Å²) in [6, 6.07) is 0. The minimum Gasteiger partial charge on any atom is -0.320 e. The summed E-state index contributed by atoms with van der Waals surface area (Å²) in [5.74, 6) is 6.58. The first kappa shape index (κ1) is 81.1. The van der Waals surface area contributed by atoms with Crippen LogP contribution in [0, 0.1) is 0 Å². The van der Waals surface area contributed by atoms with E-state index in [0.717, 1.165) is 67.0 Å². The number of carbonyl (C=O) groups is 2. The molecule has 0 aromatic rings. The van der Waals surface area contributed by atoms with E-state index in [9.17, 15) is 31.2 Å². The van der Waals surface area contributed by atoms with Gasteiger partial charge in [0.25, 0.3) is 0 Å². The van der Waals surface area contributed by atoms with Crippen molar-refractivity contribution < 1.29 is 56.1 Å². The Morgan fingerprint density at radius 1 is 0.772 bits per heavy atom. The average molecular weight is 1040 g/mol. The number of carboxylic acid groups (broad SMARTS) is 1. The maximum Gasteiger partial charge on any atom is -0.219 e. The molecule has 0 aliphatic heterocycles. The molecular formula is C32H69Cl6F3N3O9PS3. The summed E-state index contributed by atoms with van der Waals surface area (Å²) in [5, 5.41) is 32.7. The Bertz CT molecular complexity index is 1010. The molecule has 0 amide bonds. The SMILES string of the molecule is C=C(CCC)SC.C=C(Cl)CCC.CCCC(=O)O.CCCC(C)=NO.CCCC(C)=O.CCCC(C)=S.COS(=O)(=O)C(F)(F)F.ClP(Cl)(Cl)(Cl)Cl.NO.NO. The van der Waals surface area contributed by atoms with Crippen molar-refractivity contribution >= 4 is 128 Å². The van der Waals surface area contributed by atoms with Crippen molar-refractivity contribution in [2.75, 3.05) is 13.4 Å². The number of allylic oxidation sites excluding steroid dienone is 2. The number of nitrogens with two attached hydrogens (primary N) is 2. The molecule has 0 aliphatic carbocycles. The van der Waals surface area contributed by atoms with E-state index in [-0.39, 0.29) is 5.78 Å². The zero-order valence-electron chi connectivity index (χ0n) is 34.9. The number of carboxylic acids is 1. The van der Waals surface area contributed by atoms with E-state index in [1.165, 1.54) is 24.2 Å². The van der Waals surface area contributed by atoms with Crippen LogP contribution in [0.15, 0.2) is 28.3 Å². The molecule has 12 nitrogen and oxygen atoms in total. The number of thiocarbonyl (C=S) groups is 1. The smallest absolute Gasteiger partial charge is 0.219 e. The number of halogens is 9. The molecule has 0 heterocycles. The fourth-order valence-corrected chi connectivity index (χ4v) is 3.07. The first-order valence-electron chi connectivity index (χ1n) is 16.7. The van der Waals surface area contributed by atoms with Gasteiger partial charge in [0.05, 0.1) is 12.8 Å². The molecule has 0 unspecified atom stereocenters. The molecule has 0 fully saturated rings. The Morgan fingerprint density at radius 2 is 1.09 bits per heavy atom. The summed E-state index contributed by atoms with van der Waals surface area (Å²) in [6.45, 7) is 25.0. The zero-order valence-corrected chi connectivity index (χ0v) is 42.8. The number of aliphatic carboxylic acids is 1. The molecule has 8 N–H and O–H groups in total. The van der Waals surface area contributed by atoms with Gasteiger partial charge in [0.2, 0.25) is 0 Å². The molecule has 0 aliphatic rings. The molecule has 25 heteroatoms. The molecular weight excluding hydrogens is 967 g/mol. The van der Waals surface area contributed by atoms with Gasteiger partial charge in [-0.15, -0.1) is 11.8 Å². The summed E-state index contributed by atoms with van der Waals surface area (Å²) in [5.41, 5.74) is -4.50. The number of ketones is 1. The largest absolute Gasteiger partial charge is 0.320 e. The quantitative estimate of drug-likeness (QED) is 0.0181. The van der Waals surface area contributed by atoms with Crippen molar-refractivity contribution in [3.63, 3.8) is 0 Å². The molecule has 57 heavy (non-hydrogen) atoms. The topological polar surface area (TPSA) is 223 Å². The number of rotatable bonds is 14. The number of alkyl halides is 3. The third-order valence-corrected chi connectivity index (χ3v) is 6.47. The first-order valence-corrected chi connectivity index (χ1v) is 26.9. The van der Waals surface area contributed by atoms with Crippen LogP contribution in [-0.4, -0.2) is 70.3 Å². The fraction of sp³-hybridized carbons (Fsp3) is 0.750. The minimum absolute atomic E-state index is 0.289. The molecule has 0 radical (unpaired) electrons. The van der Waals surface area contributed by atoms with E-state index in [4.69, 9.17) is 101 Å². The van der Waals surface area contributed by atoms with Gasteiger partial charge in [-0.2, -0.15) is 21.6 Å². The third-order valence-electron chi connectivity index (χ3n) is 4.29. The van der Waals surface area contributed by atoms with Crippen molar-refractivity contribution in [2.24, 2.45) is 16.9 Å².